The van der Waals surface area contributed by atoms with Crippen LogP contribution in [0.4, 0.5) is 0 Å². The van der Waals surface area contributed by atoms with Crippen molar-refractivity contribution < 1.29 is 16.4 Å². The summed E-state index contributed by atoms with van der Waals surface area (Å²) in [6, 6.07) is 62.0. The fourth-order valence-corrected chi connectivity index (χ4v) is 41.1. The van der Waals surface area contributed by atoms with Crippen molar-refractivity contribution in [2.45, 2.75) is 75.5 Å². The minimum atomic E-state index is -5.93. The molecule has 8 aromatic rings. The maximum atomic E-state index is 9.73. The van der Waals surface area contributed by atoms with Gasteiger partial charge >= 0.3 is 431 Å². The molecular weight excluding hydrogens is 983 g/mol. The summed E-state index contributed by atoms with van der Waals surface area (Å²) >= 11 is -5.93. The number of aryl methyl sites for hydroxylation is 4. The van der Waals surface area contributed by atoms with Crippen LogP contribution in [0.2, 0.25) is 0 Å². The molecule has 1 aliphatic heterocycles. The van der Waals surface area contributed by atoms with Crippen molar-refractivity contribution in [2.24, 2.45) is 11.8 Å². The predicted octanol–water partition coefficient (Wildman–Crippen LogP) is 16.7. The second-order valence-electron chi connectivity index (χ2n) is 21.1. The first-order chi connectivity index (χ1) is 33.8. The first-order valence-electron chi connectivity index (χ1n) is 25.6. The fraction of sp³-hybridized carbons (Fsp3) is 0.212. The molecule has 0 saturated carbocycles. The number of hydrogen-bond donors (Lipinski definition) is 0. The summed E-state index contributed by atoms with van der Waals surface area (Å²) in [6.07, 6.45) is 7.14. The molecule has 3 aliphatic rings. The van der Waals surface area contributed by atoms with Gasteiger partial charge in [-0.1, -0.05) is 0 Å². The molecule has 0 bridgehead atoms. The Morgan fingerprint density at radius 3 is 1.34 bits per heavy atom. The molecule has 70 heavy (non-hydrogen) atoms. The Hall–Kier alpha value is -5.08. The molecule has 0 amide bonds. The molecule has 0 spiro atoms. The molecule has 1 heterocycles. The zero-order chi connectivity index (χ0) is 48.7. The molecule has 11 rings (SSSR count). The van der Waals surface area contributed by atoms with Crippen molar-refractivity contribution in [2.75, 3.05) is 0 Å². The summed E-state index contributed by atoms with van der Waals surface area (Å²) in [7, 11) is 18.5. The fourth-order valence-electron chi connectivity index (χ4n) is 13.1. The monoisotopic (exact) mass is 1040 g/mol. The van der Waals surface area contributed by atoms with Crippen molar-refractivity contribution in [1.82, 2.24) is 0 Å². The Labute approximate surface area is 427 Å². The van der Waals surface area contributed by atoms with E-state index >= 15 is 0 Å². The number of allylic oxidation sites excluding steroid dienone is 2. The summed E-state index contributed by atoms with van der Waals surface area (Å²) in [4.78, 5) is 0. The summed E-state index contributed by atoms with van der Waals surface area (Å²) in [5.41, 5.74) is 25.6. The van der Waals surface area contributed by atoms with Gasteiger partial charge in [0.1, 0.15) is 0 Å². The zero-order valence-corrected chi connectivity index (χ0v) is 47.3. The van der Waals surface area contributed by atoms with Crippen molar-refractivity contribution in [3.8, 4) is 55.6 Å². The summed E-state index contributed by atoms with van der Waals surface area (Å²) < 4.78 is 0.912. The van der Waals surface area contributed by atoms with Gasteiger partial charge in [0.25, 0.3) is 0 Å². The van der Waals surface area contributed by atoms with Gasteiger partial charge in [-0.25, -0.2) is 0 Å². The van der Waals surface area contributed by atoms with Crippen LogP contribution in [0.25, 0.3) is 67.8 Å². The molecule has 4 heteroatoms. The number of benzene rings is 8. The number of rotatable bonds is 11. The summed E-state index contributed by atoms with van der Waals surface area (Å²) in [5, 5.41) is 2.94. The van der Waals surface area contributed by atoms with E-state index in [0.717, 1.165) is 12.8 Å². The molecule has 0 fully saturated rings. The third-order valence-electron chi connectivity index (χ3n) is 16.4. The van der Waals surface area contributed by atoms with E-state index in [2.05, 4.69) is 231 Å². The van der Waals surface area contributed by atoms with Crippen LogP contribution >= 0.6 is 17.0 Å². The van der Waals surface area contributed by atoms with E-state index in [1.54, 1.807) is 0 Å². The van der Waals surface area contributed by atoms with Crippen molar-refractivity contribution in [1.29, 1.82) is 0 Å². The predicted molar refractivity (Wildman–Crippen MR) is 305 cm³/mol. The molecular formula is C66H63Cl2SiZr. The Balaban J connectivity index is 1.28. The van der Waals surface area contributed by atoms with Gasteiger partial charge < -0.3 is 0 Å². The normalized spacial score (nSPS) is 17.5. The first kappa shape index (κ1) is 47.3. The van der Waals surface area contributed by atoms with E-state index < -0.39 is 25.9 Å². The molecule has 0 radical (unpaired) electrons. The van der Waals surface area contributed by atoms with Gasteiger partial charge in [0, 0.05) is 0 Å². The van der Waals surface area contributed by atoms with Crippen LogP contribution in [0.3, 0.4) is 0 Å². The Morgan fingerprint density at radius 2 is 0.886 bits per heavy atom. The summed E-state index contributed by atoms with van der Waals surface area (Å²) in [6.45, 7) is 18.5. The molecule has 2 aliphatic carbocycles. The van der Waals surface area contributed by atoms with Crippen LogP contribution in [0.5, 0.6) is 0 Å². The van der Waals surface area contributed by atoms with E-state index in [0.29, 0.717) is 0 Å². The topological polar surface area (TPSA) is 0 Å². The van der Waals surface area contributed by atoms with Crippen molar-refractivity contribution >= 4 is 52.3 Å². The van der Waals surface area contributed by atoms with E-state index in [1.807, 2.05) is 0 Å². The number of hydrogen-bond acceptors (Lipinski definition) is 0. The number of fused-ring (bicyclic) bond motifs is 5. The second kappa shape index (κ2) is 18.2. The molecule has 349 valence electrons. The van der Waals surface area contributed by atoms with Crippen molar-refractivity contribution in [3.05, 3.63) is 219 Å². The van der Waals surface area contributed by atoms with Gasteiger partial charge in [-0.05, 0) is 0 Å². The molecule has 4 atom stereocenters. The zero-order valence-electron chi connectivity index (χ0n) is 41.9. The van der Waals surface area contributed by atoms with Gasteiger partial charge in [-0.15, -0.1) is 0 Å². The van der Waals surface area contributed by atoms with E-state index in [1.165, 1.54) is 125 Å². The standard InChI is InChI=1S/2C27H27.C12H9Si.2ClH.Zr/c2*1-5-20(4)23-16-22-11-12-25(21-9-7-6-8-10-21)27(26(22)17-23)24-14-18(2)13-19(3)15-24;1-3-7-11-9(5-1)10-6-2-4-8-12(10)13-11;;;/h2*6-17,20H,5H2,1-4H3;1-7H,13H2;2*1H;/q;;;;;+2/p-2. The Kier molecular flexibility index (Phi) is 12.3. The molecule has 0 nitrogen and oxygen atoms in total. The average Bonchev–Trinajstić information content (AvgIpc) is 4.08. The SMILES string of the molecule is CCC(C)C1=Cc2c(ccc(-c3ccccc3)c2-c2cc(C)cc(C)c2)[CH]1[Zr]([Cl])([Cl])([c]1cccc2c1[SiH2]c1ccccc1-2)[CH]1C(C(C)CC)=Cc2c1ccc(-c1ccccc1)c2-c1cc(C)cc(C)c1. The molecule has 0 aromatic heterocycles. The summed E-state index contributed by atoms with van der Waals surface area (Å²) in [5.74, 6) is 0.480. The average molecular weight is 1050 g/mol. The maximum absolute atomic E-state index is 9.73. The van der Waals surface area contributed by atoms with E-state index in [-0.39, 0.29) is 19.1 Å². The van der Waals surface area contributed by atoms with Crippen LogP contribution in [-0.2, 0) is 16.4 Å². The minimum absolute atomic E-state index is 0.185. The molecule has 8 aromatic carbocycles. The second-order valence-corrected chi connectivity index (χ2v) is 43.5. The molecule has 0 N–H and O–H groups in total. The molecule has 4 unspecified atom stereocenters. The third kappa shape index (κ3) is 7.62. The van der Waals surface area contributed by atoms with Gasteiger partial charge in [-0.3, -0.25) is 0 Å². The van der Waals surface area contributed by atoms with Crippen LogP contribution in [0.1, 0.15) is 92.3 Å². The van der Waals surface area contributed by atoms with Crippen LogP contribution in [0, 0.1) is 39.5 Å². The van der Waals surface area contributed by atoms with Gasteiger partial charge in [-0.2, -0.15) is 0 Å². The van der Waals surface area contributed by atoms with Crippen LogP contribution in [0.15, 0.2) is 175 Å². The van der Waals surface area contributed by atoms with Crippen LogP contribution in [-0.4, -0.2) is 9.52 Å². The third-order valence-corrected chi connectivity index (χ3v) is 39.1. The Bertz CT molecular complexity index is 3230. The van der Waals surface area contributed by atoms with Gasteiger partial charge in [0.15, 0.2) is 0 Å². The quantitative estimate of drug-likeness (QED) is 0.113. The Morgan fingerprint density at radius 1 is 0.457 bits per heavy atom. The van der Waals surface area contributed by atoms with E-state index in [9.17, 15) is 17.0 Å². The van der Waals surface area contributed by atoms with E-state index in [4.69, 9.17) is 0 Å². The van der Waals surface area contributed by atoms with Crippen molar-refractivity contribution in [3.63, 3.8) is 0 Å². The van der Waals surface area contributed by atoms with Gasteiger partial charge in [0.05, 0.1) is 0 Å². The molecule has 0 saturated heterocycles. The number of halogens is 2. The van der Waals surface area contributed by atoms with Gasteiger partial charge in [0.2, 0.25) is 0 Å². The van der Waals surface area contributed by atoms with Crippen LogP contribution < -0.4 is 13.6 Å². The first-order valence-corrected chi connectivity index (χ1v) is 37.4.